The second-order valence-electron chi connectivity index (χ2n) is 4.29. The van der Waals surface area contributed by atoms with Crippen LogP contribution in [0.4, 0.5) is 0 Å². The number of aromatic nitrogens is 2. The summed E-state index contributed by atoms with van der Waals surface area (Å²) in [6, 6.07) is 0. The highest BCUT2D eigenvalue weighted by Gasteiger charge is 2.21. The second-order valence-corrected chi connectivity index (χ2v) is 4.29. The zero-order chi connectivity index (χ0) is 10.8. The first-order valence-corrected chi connectivity index (χ1v) is 5.42. The van der Waals surface area contributed by atoms with Crippen LogP contribution >= 0.6 is 0 Å². The highest BCUT2D eigenvalue weighted by Crippen LogP contribution is 2.28. The molecule has 0 atom stereocenters. The van der Waals surface area contributed by atoms with Crippen molar-refractivity contribution in [1.82, 2.24) is 9.78 Å². The summed E-state index contributed by atoms with van der Waals surface area (Å²) < 4.78 is 1.70. The molecule has 0 amide bonds. The van der Waals surface area contributed by atoms with Crippen LogP contribution in [-0.4, -0.2) is 20.9 Å². The van der Waals surface area contributed by atoms with E-state index in [9.17, 15) is 4.79 Å². The van der Waals surface area contributed by atoms with Gasteiger partial charge in [0.2, 0.25) is 0 Å². The van der Waals surface area contributed by atoms with Crippen molar-refractivity contribution in [2.75, 3.05) is 0 Å². The summed E-state index contributed by atoms with van der Waals surface area (Å²) in [6.07, 6.45) is 7.33. The normalized spacial score (nSPS) is 17.1. The average molecular weight is 208 g/mol. The maximum absolute atomic E-state index is 11.0. The van der Waals surface area contributed by atoms with Crippen molar-refractivity contribution in [2.24, 2.45) is 13.0 Å². The molecule has 0 unspecified atom stereocenters. The standard InChI is InChI=1S/C11H16N2O2/c1-13-10(6-8-4-2-3-5-8)9(7-12-13)11(14)15/h7-8H,2-6H2,1H3,(H,14,15). The predicted octanol–water partition coefficient (Wildman–Crippen LogP) is 1.85. The van der Waals surface area contributed by atoms with Gasteiger partial charge < -0.3 is 5.11 Å². The van der Waals surface area contributed by atoms with Gasteiger partial charge in [0.25, 0.3) is 0 Å². The molecule has 1 aliphatic carbocycles. The van der Waals surface area contributed by atoms with Gasteiger partial charge >= 0.3 is 5.97 Å². The SMILES string of the molecule is Cn1ncc(C(=O)O)c1CC1CCCC1. The second kappa shape index (κ2) is 4.04. The highest BCUT2D eigenvalue weighted by molar-refractivity contribution is 5.88. The minimum atomic E-state index is -0.865. The third-order valence-electron chi connectivity index (χ3n) is 3.25. The Kier molecular flexibility index (Phi) is 2.75. The van der Waals surface area contributed by atoms with Gasteiger partial charge in [0.1, 0.15) is 5.56 Å². The summed E-state index contributed by atoms with van der Waals surface area (Å²) in [6.45, 7) is 0. The maximum atomic E-state index is 11.0. The molecule has 0 aromatic carbocycles. The molecule has 0 saturated heterocycles. The van der Waals surface area contributed by atoms with E-state index in [1.54, 1.807) is 4.68 Å². The Bertz CT molecular complexity index is 365. The molecule has 1 heterocycles. The molecule has 0 bridgehead atoms. The minimum Gasteiger partial charge on any atom is -0.478 e. The predicted molar refractivity (Wildman–Crippen MR) is 55.8 cm³/mol. The molecule has 15 heavy (non-hydrogen) atoms. The summed E-state index contributed by atoms with van der Waals surface area (Å²) in [5.41, 5.74) is 1.24. The molecule has 1 saturated carbocycles. The molecule has 0 aliphatic heterocycles. The Morgan fingerprint density at radius 3 is 2.87 bits per heavy atom. The Hall–Kier alpha value is -1.32. The van der Waals surface area contributed by atoms with Gasteiger partial charge in [0.05, 0.1) is 11.9 Å². The van der Waals surface area contributed by atoms with Crippen LogP contribution in [0, 0.1) is 5.92 Å². The van der Waals surface area contributed by atoms with Crippen LogP contribution in [0.3, 0.4) is 0 Å². The van der Waals surface area contributed by atoms with Gasteiger partial charge in [-0.2, -0.15) is 5.10 Å². The maximum Gasteiger partial charge on any atom is 0.339 e. The highest BCUT2D eigenvalue weighted by atomic mass is 16.4. The van der Waals surface area contributed by atoms with E-state index >= 15 is 0 Å². The van der Waals surface area contributed by atoms with Crippen LogP contribution in [0.15, 0.2) is 6.20 Å². The monoisotopic (exact) mass is 208 g/mol. The van der Waals surface area contributed by atoms with Crippen molar-refractivity contribution in [3.63, 3.8) is 0 Å². The van der Waals surface area contributed by atoms with Crippen molar-refractivity contribution in [1.29, 1.82) is 0 Å². The Labute approximate surface area is 88.9 Å². The number of carbonyl (C=O) groups is 1. The van der Waals surface area contributed by atoms with Gasteiger partial charge in [-0.05, 0) is 12.3 Å². The zero-order valence-electron chi connectivity index (χ0n) is 8.94. The largest absolute Gasteiger partial charge is 0.478 e. The first-order chi connectivity index (χ1) is 7.18. The lowest BCUT2D eigenvalue weighted by atomic mass is 10.00. The molecule has 1 fully saturated rings. The van der Waals surface area contributed by atoms with Gasteiger partial charge in [-0.25, -0.2) is 4.79 Å². The number of aromatic carboxylic acids is 1. The van der Waals surface area contributed by atoms with Crippen LogP contribution < -0.4 is 0 Å². The first-order valence-electron chi connectivity index (χ1n) is 5.42. The van der Waals surface area contributed by atoms with E-state index in [1.165, 1.54) is 31.9 Å². The fraction of sp³-hybridized carbons (Fsp3) is 0.636. The topological polar surface area (TPSA) is 55.1 Å². The molecular weight excluding hydrogens is 192 g/mol. The number of nitrogens with zero attached hydrogens (tertiary/aromatic N) is 2. The number of hydrogen-bond donors (Lipinski definition) is 1. The molecule has 4 heteroatoms. The fourth-order valence-corrected chi connectivity index (χ4v) is 2.37. The van der Waals surface area contributed by atoms with Crippen molar-refractivity contribution in [3.8, 4) is 0 Å². The van der Waals surface area contributed by atoms with Crippen LogP contribution in [0.2, 0.25) is 0 Å². The number of aryl methyl sites for hydroxylation is 1. The van der Waals surface area contributed by atoms with Gasteiger partial charge in [0, 0.05) is 7.05 Å². The van der Waals surface area contributed by atoms with Crippen LogP contribution in [0.1, 0.15) is 41.7 Å². The molecule has 0 spiro atoms. The van der Waals surface area contributed by atoms with Crippen LogP contribution in [0.25, 0.3) is 0 Å². The number of hydrogen-bond acceptors (Lipinski definition) is 2. The number of carboxylic acids is 1. The van der Waals surface area contributed by atoms with Crippen LogP contribution in [-0.2, 0) is 13.5 Å². The molecule has 0 radical (unpaired) electrons. The Morgan fingerprint density at radius 2 is 2.27 bits per heavy atom. The number of carboxylic acid groups (broad SMARTS) is 1. The molecule has 4 nitrogen and oxygen atoms in total. The molecule has 1 aliphatic rings. The van der Waals surface area contributed by atoms with Crippen molar-refractivity contribution in [2.45, 2.75) is 32.1 Å². The lowest BCUT2D eigenvalue weighted by Crippen LogP contribution is -2.09. The molecule has 2 rings (SSSR count). The van der Waals surface area contributed by atoms with E-state index in [0.29, 0.717) is 11.5 Å². The van der Waals surface area contributed by atoms with Crippen molar-refractivity contribution < 1.29 is 9.90 Å². The van der Waals surface area contributed by atoms with E-state index in [0.717, 1.165) is 12.1 Å². The quantitative estimate of drug-likeness (QED) is 0.824. The van der Waals surface area contributed by atoms with E-state index in [4.69, 9.17) is 5.11 Å². The van der Waals surface area contributed by atoms with E-state index in [2.05, 4.69) is 5.10 Å². The average Bonchev–Trinajstić information content (AvgIpc) is 2.78. The lowest BCUT2D eigenvalue weighted by molar-refractivity contribution is 0.0695. The first kappa shape index (κ1) is 10.2. The summed E-state index contributed by atoms with van der Waals surface area (Å²) in [5, 5.41) is 13.0. The number of rotatable bonds is 3. The Balaban J connectivity index is 2.18. The summed E-state index contributed by atoms with van der Waals surface area (Å²) in [4.78, 5) is 11.0. The third-order valence-corrected chi connectivity index (χ3v) is 3.25. The lowest BCUT2D eigenvalue weighted by Gasteiger charge is -2.09. The molecular formula is C11H16N2O2. The summed E-state index contributed by atoms with van der Waals surface area (Å²) in [7, 11) is 1.82. The molecule has 82 valence electrons. The van der Waals surface area contributed by atoms with Crippen LogP contribution in [0.5, 0.6) is 0 Å². The van der Waals surface area contributed by atoms with Gasteiger partial charge in [-0.3, -0.25) is 4.68 Å². The molecule has 1 aromatic rings. The molecule has 1 N–H and O–H groups in total. The van der Waals surface area contributed by atoms with E-state index < -0.39 is 5.97 Å². The smallest absolute Gasteiger partial charge is 0.339 e. The molecule has 1 aromatic heterocycles. The Morgan fingerprint density at radius 1 is 1.60 bits per heavy atom. The van der Waals surface area contributed by atoms with Gasteiger partial charge in [0.15, 0.2) is 0 Å². The van der Waals surface area contributed by atoms with Gasteiger partial charge in [-0.15, -0.1) is 0 Å². The van der Waals surface area contributed by atoms with E-state index in [1.807, 2.05) is 7.05 Å². The zero-order valence-corrected chi connectivity index (χ0v) is 8.94. The van der Waals surface area contributed by atoms with Crippen molar-refractivity contribution >= 4 is 5.97 Å². The van der Waals surface area contributed by atoms with Crippen molar-refractivity contribution in [3.05, 3.63) is 17.5 Å². The third kappa shape index (κ3) is 2.03. The fourth-order valence-electron chi connectivity index (χ4n) is 2.37. The summed E-state index contributed by atoms with van der Waals surface area (Å²) >= 11 is 0. The van der Waals surface area contributed by atoms with Gasteiger partial charge in [-0.1, -0.05) is 25.7 Å². The minimum absolute atomic E-state index is 0.365. The van der Waals surface area contributed by atoms with E-state index in [-0.39, 0.29) is 0 Å². The summed E-state index contributed by atoms with van der Waals surface area (Å²) in [5.74, 6) is -0.213.